The average Bonchev–Trinajstić information content (AvgIpc) is 2.53. The summed E-state index contributed by atoms with van der Waals surface area (Å²) in [6, 6.07) is 0. The smallest absolute Gasteiger partial charge is 0.290 e. The molecule has 2 N–H and O–H groups in total. The van der Waals surface area contributed by atoms with Crippen molar-refractivity contribution < 1.29 is 5.11 Å². The second-order valence-electron chi connectivity index (χ2n) is 3.13. The van der Waals surface area contributed by atoms with Gasteiger partial charge in [0.05, 0.1) is 6.10 Å². The van der Waals surface area contributed by atoms with Crippen LogP contribution < -0.4 is 10.5 Å². The van der Waals surface area contributed by atoms with Crippen LogP contribution >= 0.6 is 0 Å². The minimum atomic E-state index is -0.332. The Labute approximate surface area is 75.0 Å². The van der Waals surface area contributed by atoms with Crippen molar-refractivity contribution in [1.82, 2.24) is 9.97 Å². The van der Waals surface area contributed by atoms with Crippen LogP contribution in [-0.4, -0.2) is 34.3 Å². The molecular weight excluding hydrogens is 170 g/mol. The number of aliphatic hydroxyl groups excluding tert-OH is 1. The second-order valence-corrected chi connectivity index (χ2v) is 3.13. The molecule has 0 saturated carbocycles. The summed E-state index contributed by atoms with van der Waals surface area (Å²) in [6.07, 6.45) is 3.41. The highest BCUT2D eigenvalue weighted by Gasteiger charge is 2.22. The lowest BCUT2D eigenvalue weighted by Crippen LogP contribution is -2.28. The maximum absolute atomic E-state index is 11.3. The van der Waals surface area contributed by atoms with Gasteiger partial charge in [0.2, 0.25) is 0 Å². The van der Waals surface area contributed by atoms with Crippen LogP contribution in [0.4, 0.5) is 5.82 Å². The van der Waals surface area contributed by atoms with Crippen molar-refractivity contribution >= 4 is 5.82 Å². The van der Waals surface area contributed by atoms with E-state index in [1.165, 1.54) is 6.20 Å². The predicted molar refractivity (Wildman–Crippen MR) is 47.7 cm³/mol. The van der Waals surface area contributed by atoms with E-state index in [2.05, 4.69) is 9.97 Å². The summed E-state index contributed by atoms with van der Waals surface area (Å²) in [5, 5.41) is 9.27. The highest BCUT2D eigenvalue weighted by atomic mass is 16.3. The number of aromatic nitrogens is 2. The molecule has 0 amide bonds. The van der Waals surface area contributed by atoms with Crippen LogP contribution in [0.5, 0.6) is 0 Å². The van der Waals surface area contributed by atoms with Crippen LogP contribution in [-0.2, 0) is 0 Å². The lowest BCUT2D eigenvalue weighted by molar-refractivity contribution is 0.198. The van der Waals surface area contributed by atoms with Crippen LogP contribution in [0.15, 0.2) is 17.2 Å². The minimum absolute atomic E-state index is 0.198. The zero-order valence-corrected chi connectivity index (χ0v) is 7.10. The van der Waals surface area contributed by atoms with Crippen LogP contribution in [0.1, 0.15) is 6.42 Å². The van der Waals surface area contributed by atoms with Gasteiger partial charge in [-0.1, -0.05) is 0 Å². The maximum atomic E-state index is 11.3. The summed E-state index contributed by atoms with van der Waals surface area (Å²) >= 11 is 0. The molecule has 2 heterocycles. The summed E-state index contributed by atoms with van der Waals surface area (Å²) in [5.41, 5.74) is -0.198. The molecule has 1 aliphatic rings. The van der Waals surface area contributed by atoms with Crippen molar-refractivity contribution in [3.05, 3.63) is 22.7 Å². The SMILES string of the molecule is O=c1[nH]ccnc1N1CC[C@@H](O)C1. The van der Waals surface area contributed by atoms with Gasteiger partial charge in [-0.2, -0.15) is 0 Å². The molecule has 13 heavy (non-hydrogen) atoms. The van der Waals surface area contributed by atoms with Gasteiger partial charge in [0.25, 0.3) is 5.56 Å². The largest absolute Gasteiger partial charge is 0.391 e. The molecule has 0 aliphatic carbocycles. The zero-order valence-electron chi connectivity index (χ0n) is 7.10. The number of hydrogen-bond acceptors (Lipinski definition) is 4. The fourth-order valence-electron chi connectivity index (χ4n) is 1.50. The Morgan fingerprint density at radius 1 is 1.69 bits per heavy atom. The lowest BCUT2D eigenvalue weighted by Gasteiger charge is -2.14. The Morgan fingerprint density at radius 2 is 2.54 bits per heavy atom. The maximum Gasteiger partial charge on any atom is 0.290 e. The van der Waals surface area contributed by atoms with Gasteiger partial charge < -0.3 is 15.0 Å². The van der Waals surface area contributed by atoms with Crippen molar-refractivity contribution in [2.75, 3.05) is 18.0 Å². The molecule has 0 spiro atoms. The Kier molecular flexibility index (Phi) is 2.02. The highest BCUT2D eigenvalue weighted by Crippen LogP contribution is 2.13. The number of nitrogens with zero attached hydrogens (tertiary/aromatic N) is 2. The molecule has 0 bridgehead atoms. The van der Waals surface area contributed by atoms with E-state index in [1.54, 1.807) is 11.1 Å². The van der Waals surface area contributed by atoms with Crippen molar-refractivity contribution in [1.29, 1.82) is 0 Å². The zero-order chi connectivity index (χ0) is 9.26. The monoisotopic (exact) mass is 181 g/mol. The quantitative estimate of drug-likeness (QED) is 0.603. The number of aliphatic hydroxyl groups is 1. The molecule has 1 aromatic heterocycles. The third kappa shape index (κ3) is 1.55. The Morgan fingerprint density at radius 3 is 3.15 bits per heavy atom. The third-order valence-electron chi connectivity index (χ3n) is 2.15. The Bertz CT molecular complexity index is 349. The van der Waals surface area contributed by atoms with E-state index < -0.39 is 0 Å². The first-order valence-electron chi connectivity index (χ1n) is 4.24. The van der Waals surface area contributed by atoms with Crippen LogP contribution in [0.25, 0.3) is 0 Å². The van der Waals surface area contributed by atoms with Crippen LogP contribution in [0, 0.1) is 0 Å². The number of aromatic amines is 1. The van der Waals surface area contributed by atoms with Gasteiger partial charge in [-0.25, -0.2) is 4.98 Å². The third-order valence-corrected chi connectivity index (χ3v) is 2.15. The number of rotatable bonds is 1. The second kappa shape index (κ2) is 3.18. The summed E-state index contributed by atoms with van der Waals surface area (Å²) in [7, 11) is 0. The van der Waals surface area contributed by atoms with Gasteiger partial charge in [-0.05, 0) is 6.42 Å². The van der Waals surface area contributed by atoms with Gasteiger partial charge >= 0.3 is 0 Å². The predicted octanol–water partition coefficient (Wildman–Crippen LogP) is -0.659. The standard InChI is InChI=1S/C8H11N3O2/c12-6-1-4-11(5-6)7-8(13)10-3-2-9-7/h2-3,6,12H,1,4-5H2,(H,10,13)/t6-/m1/s1. The van der Waals surface area contributed by atoms with Gasteiger partial charge in [0.1, 0.15) is 0 Å². The number of β-amino-alcohol motifs (C(OH)–C–C–N with tert-alkyl or cyclic N) is 1. The van der Waals surface area contributed by atoms with Gasteiger partial charge in [0, 0.05) is 25.5 Å². The molecule has 1 aliphatic heterocycles. The van der Waals surface area contributed by atoms with Gasteiger partial charge in [0.15, 0.2) is 5.82 Å². The van der Waals surface area contributed by atoms with Crippen molar-refractivity contribution in [3.63, 3.8) is 0 Å². The van der Waals surface area contributed by atoms with E-state index in [-0.39, 0.29) is 11.7 Å². The lowest BCUT2D eigenvalue weighted by atomic mass is 10.3. The molecule has 5 nitrogen and oxygen atoms in total. The molecule has 1 atom stereocenters. The first kappa shape index (κ1) is 8.25. The van der Waals surface area contributed by atoms with E-state index in [9.17, 15) is 9.90 Å². The Balaban J connectivity index is 2.26. The molecular formula is C8H11N3O2. The molecule has 1 saturated heterocycles. The first-order chi connectivity index (χ1) is 6.27. The van der Waals surface area contributed by atoms with Crippen molar-refractivity contribution in [2.45, 2.75) is 12.5 Å². The van der Waals surface area contributed by atoms with E-state index in [4.69, 9.17) is 0 Å². The minimum Gasteiger partial charge on any atom is -0.391 e. The summed E-state index contributed by atoms with van der Waals surface area (Å²) < 4.78 is 0. The molecule has 5 heteroatoms. The van der Waals surface area contributed by atoms with Crippen molar-refractivity contribution in [3.8, 4) is 0 Å². The van der Waals surface area contributed by atoms with E-state index in [1.807, 2.05) is 0 Å². The van der Waals surface area contributed by atoms with E-state index in [0.29, 0.717) is 25.3 Å². The summed E-state index contributed by atoms with van der Waals surface area (Å²) in [5.74, 6) is 0.402. The molecule has 1 aromatic rings. The number of nitrogens with one attached hydrogen (secondary N) is 1. The summed E-state index contributed by atoms with van der Waals surface area (Å²) in [4.78, 5) is 19.6. The molecule has 1 fully saturated rings. The highest BCUT2D eigenvalue weighted by molar-refractivity contribution is 5.36. The molecule has 0 aromatic carbocycles. The number of hydrogen-bond donors (Lipinski definition) is 2. The van der Waals surface area contributed by atoms with Gasteiger partial charge in [-0.15, -0.1) is 0 Å². The normalized spacial score (nSPS) is 22.2. The van der Waals surface area contributed by atoms with Gasteiger partial charge in [-0.3, -0.25) is 4.79 Å². The topological polar surface area (TPSA) is 69.2 Å². The fourth-order valence-corrected chi connectivity index (χ4v) is 1.50. The molecule has 0 radical (unpaired) electrons. The van der Waals surface area contributed by atoms with E-state index >= 15 is 0 Å². The fraction of sp³-hybridized carbons (Fsp3) is 0.500. The molecule has 2 rings (SSSR count). The van der Waals surface area contributed by atoms with E-state index in [0.717, 1.165) is 0 Å². The average molecular weight is 181 g/mol. The van der Waals surface area contributed by atoms with Crippen LogP contribution in [0.2, 0.25) is 0 Å². The number of H-pyrrole nitrogens is 1. The van der Waals surface area contributed by atoms with Crippen LogP contribution in [0.3, 0.4) is 0 Å². The first-order valence-corrected chi connectivity index (χ1v) is 4.24. The molecule has 0 unspecified atom stereocenters. The summed E-state index contributed by atoms with van der Waals surface area (Å²) in [6.45, 7) is 1.20. The molecule has 70 valence electrons. The Hall–Kier alpha value is -1.36. The number of anilines is 1. The van der Waals surface area contributed by atoms with Crippen molar-refractivity contribution in [2.24, 2.45) is 0 Å².